The van der Waals surface area contributed by atoms with E-state index < -0.39 is 0 Å². The number of anilines is 1. The van der Waals surface area contributed by atoms with Crippen LogP contribution >= 0.6 is 0 Å². The number of aromatic nitrogens is 1. The first-order valence-electron chi connectivity index (χ1n) is 6.80. The predicted octanol–water partition coefficient (Wildman–Crippen LogP) is 3.71. The van der Waals surface area contributed by atoms with Crippen molar-refractivity contribution in [1.29, 1.82) is 5.26 Å². The van der Waals surface area contributed by atoms with Crippen LogP contribution in [0.2, 0.25) is 0 Å². The summed E-state index contributed by atoms with van der Waals surface area (Å²) < 4.78 is 0. The molecule has 1 N–H and O–H groups in total. The molecule has 0 unspecified atom stereocenters. The van der Waals surface area contributed by atoms with Gasteiger partial charge < -0.3 is 5.32 Å². The Balaban J connectivity index is 1.91. The molecule has 0 saturated heterocycles. The molecule has 3 nitrogen and oxygen atoms in total. The number of benzene rings is 1. The lowest BCUT2D eigenvalue weighted by molar-refractivity contribution is 0.521. The largest absolute Gasteiger partial charge is 0.368 e. The zero-order valence-electron chi connectivity index (χ0n) is 11.1. The first-order valence-corrected chi connectivity index (χ1v) is 6.80. The van der Waals surface area contributed by atoms with Crippen molar-refractivity contribution < 1.29 is 0 Å². The zero-order chi connectivity index (χ0) is 13.3. The molecule has 1 heterocycles. The Labute approximate surface area is 113 Å². The molecule has 96 valence electrons. The van der Waals surface area contributed by atoms with Crippen LogP contribution in [0.3, 0.4) is 0 Å². The van der Waals surface area contributed by atoms with Gasteiger partial charge >= 0.3 is 0 Å². The van der Waals surface area contributed by atoms with Gasteiger partial charge in [-0.05, 0) is 36.8 Å². The van der Waals surface area contributed by atoms with Crippen molar-refractivity contribution in [2.75, 3.05) is 11.9 Å². The lowest BCUT2D eigenvalue weighted by Crippen LogP contribution is -2.16. The van der Waals surface area contributed by atoms with Crippen LogP contribution in [0.5, 0.6) is 0 Å². The number of para-hydroxylation sites is 1. The van der Waals surface area contributed by atoms with Crippen molar-refractivity contribution in [3.05, 3.63) is 35.9 Å². The Hall–Kier alpha value is -2.08. The molecule has 0 amide bonds. The minimum atomic E-state index is 0.444. The summed E-state index contributed by atoms with van der Waals surface area (Å²) in [6.45, 7) is 3.15. The molecule has 2 aromatic rings. The maximum absolute atomic E-state index is 9.25. The molecule has 0 aliphatic heterocycles. The number of nitriles is 1. The van der Waals surface area contributed by atoms with Crippen LogP contribution in [0.25, 0.3) is 10.9 Å². The van der Waals surface area contributed by atoms with E-state index in [1.54, 1.807) is 0 Å². The fraction of sp³-hybridized carbons (Fsp3) is 0.375. The van der Waals surface area contributed by atoms with Gasteiger partial charge in [0.25, 0.3) is 0 Å². The highest BCUT2D eigenvalue weighted by Crippen LogP contribution is 2.48. The number of fused-ring (bicyclic) bond motifs is 1. The normalized spacial score (nSPS) is 16.0. The predicted molar refractivity (Wildman–Crippen MR) is 76.9 cm³/mol. The van der Waals surface area contributed by atoms with Crippen LogP contribution in [0.4, 0.5) is 5.82 Å². The van der Waals surface area contributed by atoms with Crippen molar-refractivity contribution in [3.63, 3.8) is 0 Å². The second kappa shape index (κ2) is 4.55. The van der Waals surface area contributed by atoms with Crippen LogP contribution < -0.4 is 5.32 Å². The van der Waals surface area contributed by atoms with Gasteiger partial charge in [-0.15, -0.1) is 0 Å². The summed E-state index contributed by atoms with van der Waals surface area (Å²) in [4.78, 5) is 4.58. The Morgan fingerprint density at radius 1 is 1.37 bits per heavy atom. The average Bonchev–Trinajstić information content (AvgIpc) is 3.24. The van der Waals surface area contributed by atoms with Gasteiger partial charge in [0.1, 0.15) is 11.9 Å². The molecule has 1 aromatic heterocycles. The topological polar surface area (TPSA) is 48.7 Å². The number of hydrogen-bond acceptors (Lipinski definition) is 3. The molecule has 1 fully saturated rings. The maximum Gasteiger partial charge on any atom is 0.144 e. The Morgan fingerprint density at radius 2 is 2.16 bits per heavy atom. The standard InChI is InChI=1S/C16H17N3/c1-2-16(7-8-16)11-18-15-13(10-17)9-12-5-3-4-6-14(12)19-15/h3-6,9H,2,7-8,11H2,1H3,(H,18,19). The van der Waals surface area contributed by atoms with E-state index in [0.717, 1.165) is 23.3 Å². The van der Waals surface area contributed by atoms with Gasteiger partial charge in [-0.3, -0.25) is 0 Å². The third-order valence-electron chi connectivity index (χ3n) is 4.18. The molecule has 19 heavy (non-hydrogen) atoms. The van der Waals surface area contributed by atoms with Crippen LogP contribution in [-0.4, -0.2) is 11.5 Å². The van der Waals surface area contributed by atoms with E-state index in [1.165, 1.54) is 19.3 Å². The van der Waals surface area contributed by atoms with Crippen LogP contribution in [0.1, 0.15) is 31.7 Å². The number of hydrogen-bond donors (Lipinski definition) is 1. The number of nitrogens with zero attached hydrogens (tertiary/aromatic N) is 2. The zero-order valence-corrected chi connectivity index (χ0v) is 11.1. The van der Waals surface area contributed by atoms with Crippen molar-refractivity contribution in [3.8, 4) is 6.07 Å². The van der Waals surface area contributed by atoms with E-state index in [1.807, 2.05) is 30.3 Å². The fourth-order valence-corrected chi connectivity index (χ4v) is 2.44. The second-order valence-corrected chi connectivity index (χ2v) is 5.40. The minimum absolute atomic E-state index is 0.444. The summed E-state index contributed by atoms with van der Waals surface area (Å²) >= 11 is 0. The minimum Gasteiger partial charge on any atom is -0.368 e. The molecule has 1 aromatic carbocycles. The van der Waals surface area contributed by atoms with E-state index in [9.17, 15) is 5.26 Å². The van der Waals surface area contributed by atoms with E-state index in [4.69, 9.17) is 0 Å². The lowest BCUT2D eigenvalue weighted by Gasteiger charge is -2.15. The molecule has 0 atom stereocenters. The third kappa shape index (κ3) is 2.26. The van der Waals surface area contributed by atoms with E-state index in [-0.39, 0.29) is 0 Å². The molecular weight excluding hydrogens is 234 g/mol. The lowest BCUT2D eigenvalue weighted by atomic mass is 10.0. The van der Waals surface area contributed by atoms with Gasteiger partial charge in [0, 0.05) is 11.9 Å². The first-order chi connectivity index (χ1) is 9.26. The van der Waals surface area contributed by atoms with Crippen LogP contribution in [0, 0.1) is 16.7 Å². The van der Waals surface area contributed by atoms with Crippen LogP contribution in [0.15, 0.2) is 30.3 Å². The van der Waals surface area contributed by atoms with Crippen molar-refractivity contribution in [2.24, 2.45) is 5.41 Å². The molecule has 3 rings (SSSR count). The van der Waals surface area contributed by atoms with E-state index in [2.05, 4.69) is 23.3 Å². The SMILES string of the molecule is CCC1(CNc2nc3ccccc3cc2C#N)CC1. The molecule has 0 spiro atoms. The molecule has 0 radical (unpaired) electrons. The average molecular weight is 251 g/mol. The molecule has 1 aliphatic carbocycles. The molecule has 0 bridgehead atoms. The van der Waals surface area contributed by atoms with Gasteiger partial charge in [-0.2, -0.15) is 5.26 Å². The summed E-state index contributed by atoms with van der Waals surface area (Å²) in [5.74, 6) is 0.723. The van der Waals surface area contributed by atoms with Gasteiger partial charge in [0.05, 0.1) is 11.1 Å². The number of pyridine rings is 1. The highest BCUT2D eigenvalue weighted by molar-refractivity contribution is 5.82. The summed E-state index contributed by atoms with van der Waals surface area (Å²) in [5, 5.41) is 13.6. The quantitative estimate of drug-likeness (QED) is 0.901. The van der Waals surface area contributed by atoms with E-state index >= 15 is 0 Å². The fourth-order valence-electron chi connectivity index (χ4n) is 2.44. The molecule has 1 aliphatic rings. The van der Waals surface area contributed by atoms with Gasteiger partial charge in [-0.1, -0.05) is 25.1 Å². The van der Waals surface area contributed by atoms with Crippen LogP contribution in [-0.2, 0) is 0 Å². The molecule has 1 saturated carbocycles. The highest BCUT2D eigenvalue weighted by Gasteiger charge is 2.40. The maximum atomic E-state index is 9.25. The smallest absolute Gasteiger partial charge is 0.144 e. The van der Waals surface area contributed by atoms with Gasteiger partial charge in [0.2, 0.25) is 0 Å². The Bertz CT molecular complexity index is 651. The Kier molecular flexibility index (Phi) is 2.87. The summed E-state index contributed by atoms with van der Waals surface area (Å²) in [6.07, 6.45) is 3.76. The summed E-state index contributed by atoms with van der Waals surface area (Å²) in [7, 11) is 0. The van der Waals surface area contributed by atoms with Crippen molar-refractivity contribution in [1.82, 2.24) is 4.98 Å². The Morgan fingerprint density at radius 3 is 2.84 bits per heavy atom. The summed E-state index contributed by atoms with van der Waals surface area (Å²) in [5.41, 5.74) is 2.01. The highest BCUT2D eigenvalue weighted by atomic mass is 15.0. The molecule has 3 heteroatoms. The molecular formula is C16H17N3. The van der Waals surface area contributed by atoms with Crippen molar-refractivity contribution >= 4 is 16.7 Å². The summed E-state index contributed by atoms with van der Waals surface area (Å²) in [6, 6.07) is 12.1. The van der Waals surface area contributed by atoms with E-state index in [0.29, 0.717) is 11.0 Å². The monoisotopic (exact) mass is 251 g/mol. The second-order valence-electron chi connectivity index (χ2n) is 5.40. The van der Waals surface area contributed by atoms with Crippen molar-refractivity contribution in [2.45, 2.75) is 26.2 Å². The first kappa shape index (κ1) is 12.0. The van der Waals surface area contributed by atoms with Gasteiger partial charge in [0.15, 0.2) is 0 Å². The third-order valence-corrected chi connectivity index (χ3v) is 4.18. The van der Waals surface area contributed by atoms with Gasteiger partial charge in [-0.25, -0.2) is 4.98 Å². The number of rotatable bonds is 4. The number of nitrogens with one attached hydrogen (secondary N) is 1.